The average Bonchev–Trinajstić information content (AvgIpc) is 3.24. The number of aromatic carboxylic acids is 1. The fraction of sp³-hybridized carbons (Fsp3) is 0.118. The molecule has 0 unspecified atom stereocenters. The molecule has 0 aliphatic heterocycles. The van der Waals surface area contributed by atoms with Gasteiger partial charge in [0.15, 0.2) is 5.56 Å². The minimum absolute atomic E-state index is 0.0464. The highest BCUT2D eigenvalue weighted by Crippen LogP contribution is 2.30. The quantitative estimate of drug-likeness (QED) is 0.701. The van der Waals surface area contributed by atoms with Crippen molar-refractivity contribution in [2.75, 3.05) is 12.4 Å². The third-order valence-corrected chi connectivity index (χ3v) is 4.14. The number of hydrogen-bond donors (Lipinski definition) is 2. The molecule has 1 amide bonds. The van der Waals surface area contributed by atoms with E-state index >= 15 is 0 Å². The molecule has 0 aliphatic rings. The molecule has 0 radical (unpaired) electrons. The van der Waals surface area contributed by atoms with Crippen molar-refractivity contribution in [3.05, 3.63) is 52.2 Å². The van der Waals surface area contributed by atoms with Gasteiger partial charge in [0.05, 0.1) is 13.5 Å². The number of carbonyl (C=O) groups is 2. The van der Waals surface area contributed by atoms with Gasteiger partial charge >= 0.3 is 5.97 Å². The molecule has 2 N–H and O–H groups in total. The van der Waals surface area contributed by atoms with Crippen LogP contribution in [-0.2, 0) is 11.2 Å². The molecule has 2 aromatic heterocycles. The first-order valence-corrected chi connectivity index (χ1v) is 8.21. The topological polar surface area (TPSA) is 102 Å². The van der Waals surface area contributed by atoms with Gasteiger partial charge in [-0.15, -0.1) is 0 Å². The lowest BCUT2D eigenvalue weighted by Gasteiger charge is -2.05. The molecular formula is C17H14N2O5S. The van der Waals surface area contributed by atoms with Crippen molar-refractivity contribution in [1.82, 2.24) is 5.16 Å². The number of benzene rings is 1. The van der Waals surface area contributed by atoms with Crippen LogP contribution in [0.4, 0.5) is 5.88 Å². The van der Waals surface area contributed by atoms with E-state index in [2.05, 4.69) is 10.5 Å². The highest BCUT2D eigenvalue weighted by Gasteiger charge is 2.25. The molecule has 0 saturated carbocycles. The molecule has 0 bridgehead atoms. The standard InChI is InChI=1S/C17H14N2O5S/c1-23-12-4-2-3-10(7-12)8-13(20)18-16-14(17(21)22)15(19-24-16)11-5-6-25-9-11/h2-7,9H,8H2,1H3,(H,18,20)(H,21,22). The Hall–Kier alpha value is -3.13. The highest BCUT2D eigenvalue weighted by molar-refractivity contribution is 7.08. The number of nitrogens with one attached hydrogen (secondary N) is 1. The zero-order chi connectivity index (χ0) is 17.8. The second-order valence-corrected chi connectivity index (χ2v) is 5.91. The summed E-state index contributed by atoms with van der Waals surface area (Å²) in [6.45, 7) is 0. The zero-order valence-electron chi connectivity index (χ0n) is 13.2. The summed E-state index contributed by atoms with van der Waals surface area (Å²) in [7, 11) is 1.54. The van der Waals surface area contributed by atoms with E-state index in [-0.39, 0.29) is 23.6 Å². The van der Waals surface area contributed by atoms with Crippen LogP contribution in [-0.4, -0.2) is 29.2 Å². The Kier molecular flexibility index (Phi) is 4.80. The lowest BCUT2D eigenvalue weighted by molar-refractivity contribution is -0.115. The summed E-state index contributed by atoms with van der Waals surface area (Å²) in [5.74, 6) is -1.18. The van der Waals surface area contributed by atoms with Gasteiger partial charge in [0.2, 0.25) is 11.8 Å². The lowest BCUT2D eigenvalue weighted by Crippen LogP contribution is -2.16. The Labute approximate surface area is 146 Å². The number of aromatic nitrogens is 1. The fourth-order valence-electron chi connectivity index (χ4n) is 2.31. The van der Waals surface area contributed by atoms with Gasteiger partial charge in [0.1, 0.15) is 11.4 Å². The normalized spacial score (nSPS) is 10.4. The van der Waals surface area contributed by atoms with Crippen LogP contribution in [0.25, 0.3) is 11.3 Å². The molecule has 7 nitrogen and oxygen atoms in total. The summed E-state index contributed by atoms with van der Waals surface area (Å²) in [5.41, 5.74) is 1.37. The first-order chi connectivity index (χ1) is 12.1. The summed E-state index contributed by atoms with van der Waals surface area (Å²) in [5, 5.41) is 19.3. The smallest absolute Gasteiger partial charge is 0.343 e. The average molecular weight is 358 g/mol. The third kappa shape index (κ3) is 3.69. The second kappa shape index (κ2) is 7.18. The van der Waals surface area contributed by atoms with Crippen LogP contribution < -0.4 is 10.1 Å². The van der Waals surface area contributed by atoms with Gasteiger partial charge < -0.3 is 14.4 Å². The molecule has 0 saturated heterocycles. The van der Waals surface area contributed by atoms with E-state index in [4.69, 9.17) is 9.26 Å². The van der Waals surface area contributed by atoms with Gasteiger partial charge in [0.25, 0.3) is 0 Å². The van der Waals surface area contributed by atoms with Crippen LogP contribution in [0, 0.1) is 0 Å². The van der Waals surface area contributed by atoms with Crippen LogP contribution >= 0.6 is 11.3 Å². The number of methoxy groups -OCH3 is 1. The number of carboxylic acid groups (broad SMARTS) is 1. The van der Waals surface area contributed by atoms with Crippen LogP contribution in [0.15, 0.2) is 45.6 Å². The summed E-state index contributed by atoms with van der Waals surface area (Å²) < 4.78 is 10.2. The predicted octanol–water partition coefficient (Wildman–Crippen LogP) is 3.29. The lowest BCUT2D eigenvalue weighted by atomic mass is 10.1. The molecule has 0 atom stereocenters. The molecule has 3 rings (SSSR count). The van der Waals surface area contributed by atoms with Gasteiger partial charge in [0, 0.05) is 10.9 Å². The third-order valence-electron chi connectivity index (χ3n) is 3.45. The van der Waals surface area contributed by atoms with Gasteiger partial charge in [-0.1, -0.05) is 17.3 Å². The van der Waals surface area contributed by atoms with Crippen molar-refractivity contribution in [2.45, 2.75) is 6.42 Å². The van der Waals surface area contributed by atoms with E-state index < -0.39 is 11.9 Å². The Morgan fingerprint density at radius 3 is 2.88 bits per heavy atom. The Balaban J connectivity index is 1.80. The monoisotopic (exact) mass is 358 g/mol. The summed E-state index contributed by atoms with van der Waals surface area (Å²) >= 11 is 1.41. The highest BCUT2D eigenvalue weighted by atomic mass is 32.1. The zero-order valence-corrected chi connectivity index (χ0v) is 14.0. The number of hydrogen-bond acceptors (Lipinski definition) is 6. The first-order valence-electron chi connectivity index (χ1n) is 7.27. The van der Waals surface area contributed by atoms with Crippen LogP contribution in [0.1, 0.15) is 15.9 Å². The van der Waals surface area contributed by atoms with Gasteiger partial charge in [-0.2, -0.15) is 11.3 Å². The van der Waals surface area contributed by atoms with E-state index in [1.165, 1.54) is 11.3 Å². The maximum Gasteiger partial charge on any atom is 0.343 e. The van der Waals surface area contributed by atoms with Crippen molar-refractivity contribution < 1.29 is 24.0 Å². The summed E-state index contributed by atoms with van der Waals surface area (Å²) in [6.07, 6.45) is 0.0464. The Morgan fingerprint density at radius 2 is 2.20 bits per heavy atom. The fourth-order valence-corrected chi connectivity index (χ4v) is 2.95. The van der Waals surface area contributed by atoms with E-state index in [9.17, 15) is 14.7 Å². The first kappa shape index (κ1) is 16.7. The van der Waals surface area contributed by atoms with Crippen molar-refractivity contribution >= 4 is 29.1 Å². The number of carboxylic acids is 1. The summed E-state index contributed by atoms with van der Waals surface area (Å²) in [4.78, 5) is 23.8. The van der Waals surface area contributed by atoms with Crippen LogP contribution in [0.3, 0.4) is 0 Å². The molecule has 2 heterocycles. The van der Waals surface area contributed by atoms with Gasteiger partial charge in [-0.3, -0.25) is 10.1 Å². The van der Waals surface area contributed by atoms with Crippen LogP contribution in [0.2, 0.25) is 0 Å². The van der Waals surface area contributed by atoms with E-state index in [1.54, 1.807) is 48.2 Å². The Bertz CT molecular complexity index is 902. The SMILES string of the molecule is COc1cccc(CC(=O)Nc2onc(-c3ccsc3)c2C(=O)O)c1. The molecular weight excluding hydrogens is 344 g/mol. The number of thiophene rings is 1. The van der Waals surface area contributed by atoms with E-state index in [0.717, 1.165) is 5.56 Å². The van der Waals surface area contributed by atoms with Crippen molar-refractivity contribution in [3.63, 3.8) is 0 Å². The summed E-state index contributed by atoms with van der Waals surface area (Å²) in [6, 6.07) is 8.78. The van der Waals surface area contributed by atoms with Crippen molar-refractivity contribution in [2.24, 2.45) is 0 Å². The molecule has 0 fully saturated rings. The number of ether oxygens (including phenoxy) is 1. The second-order valence-electron chi connectivity index (χ2n) is 5.13. The van der Waals surface area contributed by atoms with E-state index in [0.29, 0.717) is 11.3 Å². The number of amides is 1. The molecule has 0 spiro atoms. The maximum atomic E-state index is 12.2. The van der Waals surface area contributed by atoms with Gasteiger partial charge in [-0.05, 0) is 29.1 Å². The minimum atomic E-state index is -1.22. The molecule has 25 heavy (non-hydrogen) atoms. The Morgan fingerprint density at radius 1 is 1.36 bits per heavy atom. The molecule has 8 heteroatoms. The molecule has 1 aromatic carbocycles. The minimum Gasteiger partial charge on any atom is -0.497 e. The van der Waals surface area contributed by atoms with Crippen LogP contribution in [0.5, 0.6) is 5.75 Å². The molecule has 128 valence electrons. The maximum absolute atomic E-state index is 12.2. The predicted molar refractivity (Wildman–Crippen MR) is 92.1 cm³/mol. The van der Waals surface area contributed by atoms with Crippen molar-refractivity contribution in [1.29, 1.82) is 0 Å². The molecule has 3 aromatic rings. The molecule has 0 aliphatic carbocycles. The van der Waals surface area contributed by atoms with E-state index in [1.807, 2.05) is 0 Å². The number of anilines is 1. The number of nitrogens with zero attached hydrogens (tertiary/aromatic N) is 1. The van der Waals surface area contributed by atoms with Gasteiger partial charge in [-0.25, -0.2) is 4.79 Å². The largest absolute Gasteiger partial charge is 0.497 e. The van der Waals surface area contributed by atoms with Crippen molar-refractivity contribution in [3.8, 4) is 17.0 Å². The number of rotatable bonds is 6. The number of carbonyl (C=O) groups excluding carboxylic acids is 1.